The van der Waals surface area contributed by atoms with Gasteiger partial charge in [0.05, 0.1) is 10.6 Å². The van der Waals surface area contributed by atoms with Crippen molar-refractivity contribution in [2.75, 3.05) is 13.1 Å². The molecule has 1 amide bonds. The van der Waals surface area contributed by atoms with Gasteiger partial charge in [0.1, 0.15) is 6.10 Å². The number of carbonyl (C=O) groups excluding carboxylic acids is 1. The van der Waals surface area contributed by atoms with E-state index in [9.17, 15) is 14.9 Å². The van der Waals surface area contributed by atoms with Crippen molar-refractivity contribution in [2.24, 2.45) is 0 Å². The lowest BCUT2D eigenvalue weighted by atomic mass is 10.1. The van der Waals surface area contributed by atoms with Crippen LogP contribution < -0.4 is 4.74 Å². The average molecular weight is 342 g/mol. The van der Waals surface area contributed by atoms with Crippen LogP contribution in [0.3, 0.4) is 0 Å². The third-order valence-electron chi connectivity index (χ3n) is 4.09. The lowest BCUT2D eigenvalue weighted by molar-refractivity contribution is -0.384. The van der Waals surface area contributed by atoms with E-state index in [2.05, 4.69) is 10.2 Å². The normalized spacial score (nSPS) is 15.0. The Balaban J connectivity index is 1.58. The summed E-state index contributed by atoms with van der Waals surface area (Å²) in [6, 6.07) is 9.43. The van der Waals surface area contributed by atoms with Crippen molar-refractivity contribution >= 4 is 11.6 Å². The van der Waals surface area contributed by atoms with E-state index in [-0.39, 0.29) is 17.7 Å². The molecule has 1 aromatic heterocycles. The molecule has 0 N–H and O–H groups in total. The van der Waals surface area contributed by atoms with Gasteiger partial charge >= 0.3 is 0 Å². The van der Waals surface area contributed by atoms with Crippen LogP contribution in [0.1, 0.15) is 28.9 Å². The largest absolute Gasteiger partial charge is 0.473 e. The molecule has 1 aliphatic heterocycles. The minimum Gasteiger partial charge on any atom is -0.473 e. The molecular formula is C17H18N4O4. The first-order valence-corrected chi connectivity index (χ1v) is 8.03. The minimum absolute atomic E-state index is 0.0221. The highest BCUT2D eigenvalue weighted by atomic mass is 16.6. The summed E-state index contributed by atoms with van der Waals surface area (Å²) < 4.78 is 5.79. The van der Waals surface area contributed by atoms with Crippen LogP contribution in [-0.2, 0) is 0 Å². The molecule has 3 rings (SSSR count). The number of hydrogen-bond acceptors (Lipinski definition) is 6. The van der Waals surface area contributed by atoms with Crippen molar-refractivity contribution in [1.29, 1.82) is 0 Å². The molecule has 0 radical (unpaired) electrons. The van der Waals surface area contributed by atoms with Gasteiger partial charge in [0.2, 0.25) is 5.88 Å². The van der Waals surface area contributed by atoms with Crippen LogP contribution >= 0.6 is 0 Å². The summed E-state index contributed by atoms with van der Waals surface area (Å²) in [5.41, 5.74) is 1.07. The Morgan fingerprint density at radius 1 is 1.24 bits per heavy atom. The third kappa shape index (κ3) is 4.09. The zero-order valence-electron chi connectivity index (χ0n) is 13.8. The van der Waals surface area contributed by atoms with Gasteiger partial charge in [-0.25, -0.2) is 0 Å². The molecule has 8 nitrogen and oxygen atoms in total. The van der Waals surface area contributed by atoms with E-state index < -0.39 is 4.92 Å². The zero-order valence-corrected chi connectivity index (χ0v) is 13.8. The molecule has 1 saturated heterocycles. The van der Waals surface area contributed by atoms with Crippen LogP contribution in [0.15, 0.2) is 36.4 Å². The maximum Gasteiger partial charge on any atom is 0.270 e. The van der Waals surface area contributed by atoms with E-state index in [0.717, 1.165) is 5.69 Å². The van der Waals surface area contributed by atoms with E-state index in [4.69, 9.17) is 4.74 Å². The topological polar surface area (TPSA) is 98.5 Å². The van der Waals surface area contributed by atoms with Gasteiger partial charge in [-0.1, -0.05) is 6.07 Å². The average Bonchev–Trinajstić information content (AvgIpc) is 2.64. The summed E-state index contributed by atoms with van der Waals surface area (Å²) in [7, 11) is 0. The standard InChI is InChI=1S/C17H18N4O4/c1-12-5-6-16(19-18-12)25-15-7-9-20(10-8-15)17(22)13-3-2-4-14(11-13)21(23)24/h2-6,11,15H,7-10H2,1H3. The summed E-state index contributed by atoms with van der Waals surface area (Å²) in [6.07, 6.45) is 1.33. The number of nitro groups is 1. The Hall–Kier alpha value is -3.03. The number of piperidine rings is 1. The summed E-state index contributed by atoms with van der Waals surface area (Å²) in [4.78, 5) is 24.6. The predicted molar refractivity (Wildman–Crippen MR) is 89.4 cm³/mol. The number of carbonyl (C=O) groups is 1. The second kappa shape index (κ2) is 7.25. The van der Waals surface area contributed by atoms with E-state index in [0.29, 0.717) is 37.4 Å². The summed E-state index contributed by atoms with van der Waals surface area (Å²) in [5.74, 6) is 0.284. The highest BCUT2D eigenvalue weighted by Gasteiger charge is 2.25. The first kappa shape index (κ1) is 16.8. The highest BCUT2D eigenvalue weighted by molar-refractivity contribution is 5.94. The Bertz CT molecular complexity index is 770. The van der Waals surface area contributed by atoms with Crippen molar-refractivity contribution in [2.45, 2.75) is 25.9 Å². The van der Waals surface area contributed by atoms with Gasteiger partial charge in [0, 0.05) is 49.7 Å². The molecule has 2 aromatic rings. The molecule has 0 spiro atoms. The van der Waals surface area contributed by atoms with Gasteiger partial charge < -0.3 is 9.64 Å². The van der Waals surface area contributed by atoms with Crippen molar-refractivity contribution in [3.63, 3.8) is 0 Å². The van der Waals surface area contributed by atoms with Gasteiger partial charge in [-0.3, -0.25) is 14.9 Å². The zero-order chi connectivity index (χ0) is 17.8. The molecule has 1 aromatic carbocycles. The van der Waals surface area contributed by atoms with Crippen molar-refractivity contribution in [3.8, 4) is 5.88 Å². The number of aryl methyl sites for hydroxylation is 1. The number of aromatic nitrogens is 2. The van der Waals surface area contributed by atoms with Gasteiger partial charge in [-0.2, -0.15) is 5.10 Å². The minimum atomic E-state index is -0.501. The molecule has 8 heteroatoms. The number of rotatable bonds is 4. The smallest absolute Gasteiger partial charge is 0.270 e. The summed E-state index contributed by atoms with van der Waals surface area (Å²) in [5, 5.41) is 18.8. The molecule has 130 valence electrons. The Labute approximate surface area is 144 Å². The molecule has 1 aliphatic rings. The lowest BCUT2D eigenvalue weighted by Gasteiger charge is -2.31. The number of nitro benzene ring substituents is 1. The molecule has 0 saturated carbocycles. The van der Waals surface area contributed by atoms with Crippen LogP contribution in [-0.4, -0.2) is 45.1 Å². The predicted octanol–water partition coefficient (Wildman–Crippen LogP) is 2.38. The van der Waals surface area contributed by atoms with Gasteiger partial charge in [0.25, 0.3) is 11.6 Å². The molecule has 0 aliphatic carbocycles. The quantitative estimate of drug-likeness (QED) is 0.625. The van der Waals surface area contributed by atoms with E-state index in [1.54, 1.807) is 17.0 Å². The number of non-ortho nitro benzene ring substituents is 1. The first-order valence-electron chi connectivity index (χ1n) is 8.03. The third-order valence-corrected chi connectivity index (χ3v) is 4.09. The van der Waals surface area contributed by atoms with E-state index >= 15 is 0 Å². The number of ether oxygens (including phenoxy) is 1. The number of nitrogens with zero attached hydrogens (tertiary/aromatic N) is 4. The second-order valence-electron chi connectivity index (χ2n) is 5.93. The van der Waals surface area contributed by atoms with Crippen molar-refractivity contribution < 1.29 is 14.5 Å². The van der Waals surface area contributed by atoms with Crippen molar-refractivity contribution in [3.05, 3.63) is 57.8 Å². The molecule has 0 unspecified atom stereocenters. The number of hydrogen-bond donors (Lipinski definition) is 0. The second-order valence-corrected chi connectivity index (χ2v) is 5.93. The van der Waals surface area contributed by atoms with Gasteiger partial charge in [0.15, 0.2) is 0 Å². The number of benzene rings is 1. The Morgan fingerprint density at radius 2 is 2.00 bits per heavy atom. The fraction of sp³-hybridized carbons (Fsp3) is 0.353. The maximum absolute atomic E-state index is 12.5. The number of likely N-dealkylation sites (tertiary alicyclic amines) is 1. The van der Waals surface area contributed by atoms with Crippen molar-refractivity contribution in [1.82, 2.24) is 15.1 Å². The fourth-order valence-electron chi connectivity index (χ4n) is 2.73. The van der Waals surface area contributed by atoms with Gasteiger partial charge in [-0.05, 0) is 19.1 Å². The molecule has 0 bridgehead atoms. The Morgan fingerprint density at radius 3 is 2.64 bits per heavy atom. The highest BCUT2D eigenvalue weighted by Crippen LogP contribution is 2.20. The van der Waals surface area contributed by atoms with E-state index in [1.807, 2.05) is 13.0 Å². The lowest BCUT2D eigenvalue weighted by Crippen LogP contribution is -2.41. The van der Waals surface area contributed by atoms with Crippen LogP contribution in [0, 0.1) is 17.0 Å². The van der Waals surface area contributed by atoms with Crippen LogP contribution in [0.25, 0.3) is 0 Å². The SMILES string of the molecule is Cc1ccc(OC2CCN(C(=O)c3cccc([N+](=O)[O-])c3)CC2)nn1. The van der Waals surface area contributed by atoms with Crippen LogP contribution in [0.2, 0.25) is 0 Å². The van der Waals surface area contributed by atoms with Crippen LogP contribution in [0.5, 0.6) is 5.88 Å². The summed E-state index contributed by atoms with van der Waals surface area (Å²) in [6.45, 7) is 2.92. The molecule has 1 fully saturated rings. The number of amides is 1. The fourth-order valence-corrected chi connectivity index (χ4v) is 2.73. The van der Waals surface area contributed by atoms with E-state index in [1.165, 1.54) is 18.2 Å². The van der Waals surface area contributed by atoms with Gasteiger partial charge in [-0.15, -0.1) is 5.10 Å². The molecular weight excluding hydrogens is 324 g/mol. The molecule has 0 atom stereocenters. The first-order chi connectivity index (χ1) is 12.0. The maximum atomic E-state index is 12.5. The Kier molecular flexibility index (Phi) is 4.87. The van der Waals surface area contributed by atoms with Crippen LogP contribution in [0.4, 0.5) is 5.69 Å². The molecule has 2 heterocycles. The monoisotopic (exact) mass is 342 g/mol. The summed E-state index contributed by atoms with van der Waals surface area (Å²) >= 11 is 0. The molecule has 25 heavy (non-hydrogen) atoms.